The SMILES string of the molecule is CCc1cc(C(=O)NC2(C)CCOC2C)cc(Cl)n1. The fourth-order valence-electron chi connectivity index (χ4n) is 2.19. The second kappa shape index (κ2) is 5.47. The van der Waals surface area contributed by atoms with Gasteiger partial charge in [-0.05, 0) is 38.8 Å². The van der Waals surface area contributed by atoms with E-state index in [1.807, 2.05) is 20.8 Å². The van der Waals surface area contributed by atoms with Gasteiger partial charge in [0, 0.05) is 17.9 Å². The number of rotatable bonds is 3. The molecule has 1 saturated heterocycles. The molecule has 2 rings (SSSR count). The highest BCUT2D eigenvalue weighted by Crippen LogP contribution is 2.25. The molecular weight excluding hydrogens is 264 g/mol. The van der Waals surface area contributed by atoms with E-state index in [1.54, 1.807) is 12.1 Å². The fraction of sp³-hybridized carbons (Fsp3) is 0.571. The number of hydrogen-bond acceptors (Lipinski definition) is 3. The second-order valence-corrected chi connectivity index (χ2v) is 5.55. The number of carbonyl (C=O) groups is 1. The third kappa shape index (κ3) is 3.07. The minimum atomic E-state index is -0.320. The highest BCUT2D eigenvalue weighted by molar-refractivity contribution is 6.29. The van der Waals surface area contributed by atoms with E-state index in [0.29, 0.717) is 17.3 Å². The summed E-state index contributed by atoms with van der Waals surface area (Å²) in [5.74, 6) is -0.126. The molecule has 1 fully saturated rings. The van der Waals surface area contributed by atoms with Gasteiger partial charge in [-0.2, -0.15) is 0 Å². The molecule has 0 bridgehead atoms. The summed E-state index contributed by atoms with van der Waals surface area (Å²) in [6, 6.07) is 3.38. The molecule has 2 heterocycles. The molecule has 2 unspecified atom stereocenters. The first kappa shape index (κ1) is 14.3. The van der Waals surface area contributed by atoms with Crippen LogP contribution in [0, 0.1) is 0 Å². The number of nitrogens with zero attached hydrogens (tertiary/aromatic N) is 1. The predicted octanol–water partition coefficient (Wildman–Crippen LogP) is 2.59. The maximum absolute atomic E-state index is 12.3. The number of carbonyl (C=O) groups excluding carboxylic acids is 1. The van der Waals surface area contributed by atoms with E-state index in [9.17, 15) is 4.79 Å². The Labute approximate surface area is 118 Å². The standard InChI is InChI=1S/C14H19ClN2O2/c1-4-11-7-10(8-12(15)16-11)13(18)17-14(3)5-6-19-9(14)2/h7-9H,4-6H2,1-3H3,(H,17,18). The summed E-state index contributed by atoms with van der Waals surface area (Å²) < 4.78 is 5.52. The zero-order valence-corrected chi connectivity index (χ0v) is 12.3. The summed E-state index contributed by atoms with van der Waals surface area (Å²) in [5, 5.41) is 3.40. The van der Waals surface area contributed by atoms with Crippen LogP contribution < -0.4 is 5.32 Å². The van der Waals surface area contributed by atoms with Crippen molar-refractivity contribution in [2.75, 3.05) is 6.61 Å². The molecule has 1 N–H and O–H groups in total. The average Bonchev–Trinajstić information content (AvgIpc) is 2.68. The van der Waals surface area contributed by atoms with Crippen LogP contribution in [0.5, 0.6) is 0 Å². The van der Waals surface area contributed by atoms with Crippen molar-refractivity contribution in [2.24, 2.45) is 0 Å². The van der Waals surface area contributed by atoms with Crippen molar-refractivity contribution in [3.8, 4) is 0 Å². The third-order valence-corrected chi connectivity index (χ3v) is 3.95. The molecule has 2 atom stereocenters. The Morgan fingerprint density at radius 2 is 2.37 bits per heavy atom. The quantitative estimate of drug-likeness (QED) is 0.867. The molecule has 0 aromatic carbocycles. The van der Waals surface area contributed by atoms with E-state index < -0.39 is 0 Å². The molecule has 4 nitrogen and oxygen atoms in total. The molecule has 1 aromatic heterocycles. The molecule has 0 radical (unpaired) electrons. The van der Waals surface area contributed by atoms with Crippen molar-refractivity contribution in [2.45, 2.75) is 45.3 Å². The van der Waals surface area contributed by atoms with Gasteiger partial charge >= 0.3 is 0 Å². The molecule has 0 saturated carbocycles. The van der Waals surface area contributed by atoms with Crippen LogP contribution >= 0.6 is 11.6 Å². The molecule has 0 spiro atoms. The van der Waals surface area contributed by atoms with Crippen LogP contribution in [0.15, 0.2) is 12.1 Å². The number of amides is 1. The van der Waals surface area contributed by atoms with E-state index in [1.165, 1.54) is 0 Å². The average molecular weight is 283 g/mol. The Morgan fingerprint density at radius 3 is 2.95 bits per heavy atom. The van der Waals surface area contributed by atoms with E-state index in [4.69, 9.17) is 16.3 Å². The second-order valence-electron chi connectivity index (χ2n) is 5.16. The van der Waals surface area contributed by atoms with Crippen molar-refractivity contribution in [3.63, 3.8) is 0 Å². The Morgan fingerprint density at radius 1 is 1.63 bits per heavy atom. The topological polar surface area (TPSA) is 51.2 Å². The van der Waals surface area contributed by atoms with E-state index >= 15 is 0 Å². The van der Waals surface area contributed by atoms with Gasteiger partial charge in [0.15, 0.2) is 0 Å². The van der Waals surface area contributed by atoms with E-state index in [2.05, 4.69) is 10.3 Å². The van der Waals surface area contributed by atoms with Gasteiger partial charge in [0.25, 0.3) is 5.91 Å². The first-order valence-corrected chi connectivity index (χ1v) is 6.93. The van der Waals surface area contributed by atoms with Crippen molar-refractivity contribution in [3.05, 3.63) is 28.5 Å². The van der Waals surface area contributed by atoms with Gasteiger partial charge in [0.05, 0.1) is 11.6 Å². The Kier molecular flexibility index (Phi) is 4.11. The Bertz CT molecular complexity index is 492. The lowest BCUT2D eigenvalue weighted by Gasteiger charge is -2.29. The summed E-state index contributed by atoms with van der Waals surface area (Å²) in [4.78, 5) is 16.5. The third-order valence-electron chi connectivity index (χ3n) is 3.76. The normalized spacial score (nSPS) is 26.4. The van der Waals surface area contributed by atoms with Crippen molar-refractivity contribution < 1.29 is 9.53 Å². The highest BCUT2D eigenvalue weighted by Gasteiger charge is 2.38. The first-order chi connectivity index (χ1) is 8.94. The lowest BCUT2D eigenvalue weighted by atomic mass is 9.94. The van der Waals surface area contributed by atoms with Crippen molar-refractivity contribution >= 4 is 17.5 Å². The molecule has 1 aliphatic rings. The lowest BCUT2D eigenvalue weighted by Crippen LogP contribution is -2.50. The molecule has 5 heteroatoms. The molecule has 0 aliphatic carbocycles. The summed E-state index contributed by atoms with van der Waals surface area (Å²) in [7, 11) is 0. The van der Waals surface area contributed by atoms with Crippen LogP contribution in [0.4, 0.5) is 0 Å². The Hall–Kier alpha value is -1.13. The van der Waals surface area contributed by atoms with Gasteiger partial charge < -0.3 is 10.1 Å². The number of nitrogens with one attached hydrogen (secondary N) is 1. The number of aryl methyl sites for hydroxylation is 1. The lowest BCUT2D eigenvalue weighted by molar-refractivity contribution is 0.0727. The number of hydrogen-bond donors (Lipinski definition) is 1. The number of aromatic nitrogens is 1. The summed E-state index contributed by atoms with van der Waals surface area (Å²) in [6.07, 6.45) is 1.58. The van der Waals surface area contributed by atoms with Crippen LogP contribution in [0.3, 0.4) is 0 Å². The number of ether oxygens (including phenoxy) is 1. The zero-order chi connectivity index (χ0) is 14.0. The van der Waals surface area contributed by atoms with Crippen LogP contribution in [-0.2, 0) is 11.2 Å². The van der Waals surface area contributed by atoms with Crippen LogP contribution in [0.1, 0.15) is 43.2 Å². The minimum absolute atomic E-state index is 0.0133. The largest absolute Gasteiger partial charge is 0.376 e. The Balaban J connectivity index is 2.18. The van der Waals surface area contributed by atoms with E-state index in [0.717, 1.165) is 18.5 Å². The van der Waals surface area contributed by atoms with Gasteiger partial charge in [-0.15, -0.1) is 0 Å². The summed E-state index contributed by atoms with van der Waals surface area (Å²) >= 11 is 5.94. The van der Waals surface area contributed by atoms with Gasteiger partial charge in [-0.25, -0.2) is 4.98 Å². The van der Waals surface area contributed by atoms with Crippen molar-refractivity contribution in [1.82, 2.24) is 10.3 Å². The molecular formula is C14H19ClN2O2. The minimum Gasteiger partial charge on any atom is -0.376 e. The number of halogens is 1. The monoisotopic (exact) mass is 282 g/mol. The van der Waals surface area contributed by atoms with Crippen LogP contribution in [0.25, 0.3) is 0 Å². The summed E-state index contributed by atoms with van der Waals surface area (Å²) in [5.41, 5.74) is 1.05. The first-order valence-electron chi connectivity index (χ1n) is 6.55. The number of pyridine rings is 1. The molecule has 104 valence electrons. The zero-order valence-electron chi connectivity index (χ0n) is 11.5. The smallest absolute Gasteiger partial charge is 0.251 e. The van der Waals surface area contributed by atoms with Gasteiger partial charge in [-0.1, -0.05) is 18.5 Å². The predicted molar refractivity (Wildman–Crippen MR) is 74.5 cm³/mol. The maximum atomic E-state index is 12.3. The molecule has 19 heavy (non-hydrogen) atoms. The van der Waals surface area contributed by atoms with Crippen LogP contribution in [0.2, 0.25) is 5.15 Å². The maximum Gasteiger partial charge on any atom is 0.251 e. The fourth-order valence-corrected chi connectivity index (χ4v) is 2.42. The molecule has 1 aromatic rings. The highest BCUT2D eigenvalue weighted by atomic mass is 35.5. The molecule has 1 aliphatic heterocycles. The van der Waals surface area contributed by atoms with Crippen molar-refractivity contribution in [1.29, 1.82) is 0 Å². The van der Waals surface area contributed by atoms with Gasteiger partial charge in [0.1, 0.15) is 5.15 Å². The van der Waals surface area contributed by atoms with Gasteiger partial charge in [0.2, 0.25) is 0 Å². The molecule has 1 amide bonds. The van der Waals surface area contributed by atoms with Crippen LogP contribution in [-0.4, -0.2) is 29.1 Å². The van der Waals surface area contributed by atoms with E-state index in [-0.39, 0.29) is 17.6 Å². The summed E-state index contributed by atoms with van der Waals surface area (Å²) in [6.45, 7) is 6.64. The van der Waals surface area contributed by atoms with Gasteiger partial charge in [-0.3, -0.25) is 4.79 Å².